The third kappa shape index (κ3) is 3.83. The standard InChI is InChI=1S/C20H28N4O3/c1-14-17(20(26)24-9-11-27-12-10-24)13-21-18(22-14)15-5-7-23(8-6-15)19(25)16-3-2-4-16/h13,15-16H,2-12H2,1H3. The van der Waals surface area contributed by atoms with E-state index in [1.165, 1.54) is 6.42 Å². The number of piperidine rings is 1. The van der Waals surface area contributed by atoms with Gasteiger partial charge in [0, 0.05) is 44.2 Å². The highest BCUT2D eigenvalue weighted by molar-refractivity contribution is 5.95. The van der Waals surface area contributed by atoms with E-state index in [1.54, 1.807) is 11.1 Å². The molecule has 1 saturated carbocycles. The van der Waals surface area contributed by atoms with Crippen molar-refractivity contribution in [2.24, 2.45) is 5.92 Å². The van der Waals surface area contributed by atoms with Crippen LogP contribution >= 0.6 is 0 Å². The Kier molecular flexibility index (Phi) is 5.38. The number of carbonyl (C=O) groups is 2. The average Bonchev–Trinajstić information content (AvgIpc) is 2.67. The van der Waals surface area contributed by atoms with Crippen molar-refractivity contribution in [3.63, 3.8) is 0 Å². The molecule has 2 amide bonds. The molecule has 3 aliphatic rings. The van der Waals surface area contributed by atoms with E-state index in [-0.39, 0.29) is 17.7 Å². The molecule has 1 aromatic heterocycles. The van der Waals surface area contributed by atoms with Crippen LogP contribution < -0.4 is 0 Å². The maximum absolute atomic E-state index is 12.7. The molecule has 7 heteroatoms. The van der Waals surface area contributed by atoms with Crippen LogP contribution in [0.5, 0.6) is 0 Å². The summed E-state index contributed by atoms with van der Waals surface area (Å²) in [5.41, 5.74) is 1.32. The number of amides is 2. The number of nitrogens with zero attached hydrogens (tertiary/aromatic N) is 4. The Labute approximate surface area is 160 Å². The summed E-state index contributed by atoms with van der Waals surface area (Å²) in [5, 5.41) is 0. The Morgan fingerprint density at radius 2 is 1.74 bits per heavy atom. The minimum Gasteiger partial charge on any atom is -0.378 e. The lowest BCUT2D eigenvalue weighted by Gasteiger charge is -2.36. The van der Waals surface area contributed by atoms with Gasteiger partial charge in [0.05, 0.1) is 24.5 Å². The van der Waals surface area contributed by atoms with Gasteiger partial charge >= 0.3 is 0 Å². The van der Waals surface area contributed by atoms with Gasteiger partial charge in [-0.2, -0.15) is 0 Å². The minimum atomic E-state index is -0.0109. The molecule has 0 radical (unpaired) electrons. The SMILES string of the molecule is Cc1nc(C2CCN(C(=O)C3CCC3)CC2)ncc1C(=O)N1CCOCC1. The van der Waals surface area contributed by atoms with Crippen molar-refractivity contribution in [2.45, 2.75) is 44.9 Å². The second-order valence-corrected chi connectivity index (χ2v) is 7.86. The van der Waals surface area contributed by atoms with Gasteiger partial charge in [-0.15, -0.1) is 0 Å². The highest BCUT2D eigenvalue weighted by Crippen LogP contribution is 2.32. The smallest absolute Gasteiger partial charge is 0.257 e. The van der Waals surface area contributed by atoms with Crippen LogP contribution in [0.2, 0.25) is 0 Å². The monoisotopic (exact) mass is 372 g/mol. The number of carbonyl (C=O) groups excluding carboxylic acids is 2. The molecule has 146 valence electrons. The van der Waals surface area contributed by atoms with Crippen molar-refractivity contribution in [2.75, 3.05) is 39.4 Å². The predicted molar refractivity (Wildman–Crippen MR) is 99.4 cm³/mol. The zero-order valence-corrected chi connectivity index (χ0v) is 16.0. The van der Waals surface area contributed by atoms with Crippen molar-refractivity contribution in [3.05, 3.63) is 23.3 Å². The molecule has 27 heavy (non-hydrogen) atoms. The fourth-order valence-electron chi connectivity index (χ4n) is 4.10. The molecule has 7 nitrogen and oxygen atoms in total. The highest BCUT2D eigenvalue weighted by Gasteiger charge is 2.32. The zero-order valence-electron chi connectivity index (χ0n) is 16.0. The van der Waals surface area contributed by atoms with Crippen LogP contribution in [-0.2, 0) is 9.53 Å². The average molecular weight is 372 g/mol. The number of likely N-dealkylation sites (tertiary alicyclic amines) is 1. The van der Waals surface area contributed by atoms with Crippen molar-refractivity contribution >= 4 is 11.8 Å². The molecule has 2 aliphatic heterocycles. The molecule has 3 fully saturated rings. The maximum atomic E-state index is 12.7. The van der Waals surface area contributed by atoms with Crippen LogP contribution in [0.3, 0.4) is 0 Å². The lowest BCUT2D eigenvalue weighted by Crippen LogP contribution is -2.43. The van der Waals surface area contributed by atoms with Crippen LogP contribution in [0.4, 0.5) is 0 Å². The Hall–Kier alpha value is -2.02. The normalized spacial score (nSPS) is 21.8. The molecule has 0 atom stereocenters. The number of rotatable bonds is 3. The number of aryl methyl sites for hydroxylation is 1. The van der Waals surface area contributed by atoms with Gasteiger partial charge in [-0.25, -0.2) is 9.97 Å². The lowest BCUT2D eigenvalue weighted by molar-refractivity contribution is -0.139. The first-order valence-corrected chi connectivity index (χ1v) is 10.1. The Bertz CT molecular complexity index is 705. The predicted octanol–water partition coefficient (Wildman–Crippen LogP) is 1.76. The molecular weight excluding hydrogens is 344 g/mol. The first kappa shape index (κ1) is 18.3. The van der Waals surface area contributed by atoms with Crippen LogP contribution in [0.1, 0.15) is 59.9 Å². The Morgan fingerprint density at radius 3 is 2.33 bits per heavy atom. The van der Waals surface area contributed by atoms with E-state index in [1.807, 2.05) is 11.8 Å². The van der Waals surface area contributed by atoms with E-state index in [9.17, 15) is 9.59 Å². The van der Waals surface area contributed by atoms with Crippen LogP contribution in [0.15, 0.2) is 6.20 Å². The van der Waals surface area contributed by atoms with Gasteiger partial charge in [0.25, 0.3) is 5.91 Å². The summed E-state index contributed by atoms with van der Waals surface area (Å²) in [5.74, 6) is 1.67. The molecule has 0 unspecified atom stereocenters. The second-order valence-electron chi connectivity index (χ2n) is 7.86. The fraction of sp³-hybridized carbons (Fsp3) is 0.700. The number of aromatic nitrogens is 2. The van der Waals surface area contributed by atoms with Gasteiger partial charge in [-0.1, -0.05) is 6.42 Å². The fourth-order valence-corrected chi connectivity index (χ4v) is 4.10. The summed E-state index contributed by atoms with van der Waals surface area (Å²) >= 11 is 0. The van der Waals surface area contributed by atoms with E-state index in [0.29, 0.717) is 37.8 Å². The third-order valence-corrected chi connectivity index (χ3v) is 6.15. The minimum absolute atomic E-state index is 0.0109. The summed E-state index contributed by atoms with van der Waals surface area (Å²) < 4.78 is 5.31. The first-order chi connectivity index (χ1) is 13.1. The summed E-state index contributed by atoms with van der Waals surface area (Å²) in [7, 11) is 0. The van der Waals surface area contributed by atoms with E-state index in [4.69, 9.17) is 4.74 Å². The van der Waals surface area contributed by atoms with Crippen molar-refractivity contribution < 1.29 is 14.3 Å². The second kappa shape index (κ2) is 7.92. The molecule has 2 saturated heterocycles. The maximum Gasteiger partial charge on any atom is 0.257 e. The molecular formula is C20H28N4O3. The molecule has 0 N–H and O–H groups in total. The van der Waals surface area contributed by atoms with Crippen molar-refractivity contribution in [1.82, 2.24) is 19.8 Å². The molecule has 1 aromatic rings. The summed E-state index contributed by atoms with van der Waals surface area (Å²) in [6.45, 7) is 5.87. The Morgan fingerprint density at radius 1 is 1.04 bits per heavy atom. The Balaban J connectivity index is 1.38. The van der Waals surface area contributed by atoms with Gasteiger partial charge in [-0.05, 0) is 32.6 Å². The van der Waals surface area contributed by atoms with Gasteiger partial charge in [0.2, 0.25) is 5.91 Å². The highest BCUT2D eigenvalue weighted by atomic mass is 16.5. The van der Waals surface area contributed by atoms with Crippen LogP contribution in [-0.4, -0.2) is 71.0 Å². The zero-order chi connectivity index (χ0) is 18.8. The summed E-state index contributed by atoms with van der Waals surface area (Å²) in [4.78, 5) is 38.1. The van der Waals surface area contributed by atoms with Crippen LogP contribution in [0, 0.1) is 12.8 Å². The molecule has 3 heterocycles. The van der Waals surface area contributed by atoms with E-state index in [2.05, 4.69) is 9.97 Å². The molecule has 0 spiro atoms. The summed E-state index contributed by atoms with van der Waals surface area (Å²) in [6, 6.07) is 0. The number of ether oxygens (including phenoxy) is 1. The van der Waals surface area contributed by atoms with Gasteiger partial charge in [0.1, 0.15) is 5.82 Å². The molecule has 0 aromatic carbocycles. The van der Waals surface area contributed by atoms with Crippen LogP contribution in [0.25, 0.3) is 0 Å². The third-order valence-electron chi connectivity index (χ3n) is 6.15. The van der Waals surface area contributed by atoms with Gasteiger partial charge in [0.15, 0.2) is 0 Å². The number of hydrogen-bond donors (Lipinski definition) is 0. The van der Waals surface area contributed by atoms with Crippen molar-refractivity contribution in [1.29, 1.82) is 0 Å². The first-order valence-electron chi connectivity index (χ1n) is 10.1. The van der Waals surface area contributed by atoms with Crippen molar-refractivity contribution in [3.8, 4) is 0 Å². The number of morpholine rings is 1. The topological polar surface area (TPSA) is 75.6 Å². The lowest BCUT2D eigenvalue weighted by atomic mass is 9.83. The molecule has 1 aliphatic carbocycles. The van der Waals surface area contributed by atoms with E-state index >= 15 is 0 Å². The summed E-state index contributed by atoms with van der Waals surface area (Å²) in [6.07, 6.45) is 6.78. The van der Waals surface area contributed by atoms with E-state index in [0.717, 1.165) is 50.3 Å². The molecule has 0 bridgehead atoms. The quantitative estimate of drug-likeness (QED) is 0.808. The van der Waals surface area contributed by atoms with E-state index < -0.39 is 0 Å². The van der Waals surface area contributed by atoms with Gasteiger partial charge in [-0.3, -0.25) is 9.59 Å². The van der Waals surface area contributed by atoms with Gasteiger partial charge < -0.3 is 14.5 Å². The molecule has 4 rings (SSSR count). The largest absolute Gasteiger partial charge is 0.378 e. The number of hydrogen-bond acceptors (Lipinski definition) is 5.